The fraction of sp³-hybridized carbons (Fsp3) is 0.429. The predicted octanol–water partition coefficient (Wildman–Crippen LogP) is 2.91. The van der Waals surface area contributed by atoms with Gasteiger partial charge in [-0.2, -0.15) is 0 Å². The number of hydrogen-bond acceptors (Lipinski definition) is 4. The monoisotopic (exact) mass is 354 g/mol. The van der Waals surface area contributed by atoms with Gasteiger partial charge in [0.2, 0.25) is 5.91 Å². The van der Waals surface area contributed by atoms with E-state index < -0.39 is 0 Å². The van der Waals surface area contributed by atoms with E-state index in [9.17, 15) is 4.79 Å². The number of benzene rings is 1. The number of carbonyl (C=O) groups excluding carboxylic acids is 1. The summed E-state index contributed by atoms with van der Waals surface area (Å²) in [6, 6.07) is 12.0. The van der Waals surface area contributed by atoms with E-state index in [1.807, 2.05) is 53.7 Å². The molecule has 1 aromatic carbocycles. The molecule has 2 aromatic rings. The second kappa shape index (κ2) is 8.81. The highest BCUT2D eigenvalue weighted by Gasteiger charge is 2.35. The summed E-state index contributed by atoms with van der Waals surface area (Å²) in [4.78, 5) is 18.8. The third kappa shape index (κ3) is 4.41. The van der Waals surface area contributed by atoms with Gasteiger partial charge in [0, 0.05) is 50.8 Å². The lowest BCUT2D eigenvalue weighted by molar-refractivity contribution is -0.130. The first-order chi connectivity index (χ1) is 12.7. The number of rotatable bonds is 7. The summed E-state index contributed by atoms with van der Waals surface area (Å²) >= 11 is 0. The Labute approximate surface area is 155 Å². The van der Waals surface area contributed by atoms with E-state index in [2.05, 4.69) is 4.98 Å². The molecule has 1 aromatic heterocycles. The number of carbonyl (C=O) groups is 1. The minimum atomic E-state index is 0.207. The fourth-order valence-electron chi connectivity index (χ4n) is 3.65. The topological polar surface area (TPSA) is 51.7 Å². The lowest BCUT2D eigenvalue weighted by atomic mass is 9.90. The molecular formula is C21H26N2O3. The Bertz CT molecular complexity index is 703. The van der Waals surface area contributed by atoms with Gasteiger partial charge in [-0.3, -0.25) is 9.78 Å². The third-order valence-corrected chi connectivity index (χ3v) is 5.10. The minimum Gasteiger partial charge on any atom is -0.497 e. The standard InChI is InChI=1S/C21H26N2O3/c1-25-15-18-13-23(14-20(18)17-9-11-22-12-10-17)21(24)8-5-16-3-6-19(26-2)7-4-16/h3-4,6-7,9-12,18,20H,5,8,13-15H2,1-2H3/t18-,20-/m0/s1. The van der Waals surface area contributed by atoms with Crippen LogP contribution in [0.2, 0.25) is 0 Å². The van der Waals surface area contributed by atoms with Crippen molar-refractivity contribution in [3.63, 3.8) is 0 Å². The molecule has 0 unspecified atom stereocenters. The SMILES string of the molecule is COC[C@@H]1CN(C(=O)CCc2ccc(OC)cc2)C[C@H]1c1ccncc1. The molecule has 2 atom stereocenters. The third-order valence-electron chi connectivity index (χ3n) is 5.10. The van der Waals surface area contributed by atoms with Gasteiger partial charge in [-0.1, -0.05) is 12.1 Å². The largest absolute Gasteiger partial charge is 0.497 e. The zero-order valence-electron chi connectivity index (χ0n) is 15.4. The number of likely N-dealkylation sites (tertiary alicyclic amines) is 1. The Kier molecular flexibility index (Phi) is 6.23. The van der Waals surface area contributed by atoms with Crippen molar-refractivity contribution in [1.82, 2.24) is 9.88 Å². The minimum absolute atomic E-state index is 0.207. The summed E-state index contributed by atoms with van der Waals surface area (Å²) in [7, 11) is 3.37. The number of hydrogen-bond donors (Lipinski definition) is 0. The predicted molar refractivity (Wildman–Crippen MR) is 100 cm³/mol. The maximum absolute atomic E-state index is 12.7. The van der Waals surface area contributed by atoms with Crippen LogP contribution in [0.3, 0.4) is 0 Å². The number of aromatic nitrogens is 1. The van der Waals surface area contributed by atoms with Gasteiger partial charge in [-0.05, 0) is 41.8 Å². The molecule has 0 N–H and O–H groups in total. The lowest BCUT2D eigenvalue weighted by Gasteiger charge is -2.17. The molecule has 0 radical (unpaired) electrons. The lowest BCUT2D eigenvalue weighted by Crippen LogP contribution is -2.29. The summed E-state index contributed by atoms with van der Waals surface area (Å²) in [6.45, 7) is 2.16. The van der Waals surface area contributed by atoms with E-state index in [0.29, 0.717) is 24.9 Å². The molecular weight excluding hydrogens is 328 g/mol. The summed E-state index contributed by atoms with van der Waals surface area (Å²) in [5.41, 5.74) is 2.38. The van der Waals surface area contributed by atoms with Crippen molar-refractivity contribution >= 4 is 5.91 Å². The van der Waals surface area contributed by atoms with Crippen molar-refractivity contribution in [3.8, 4) is 5.75 Å². The average Bonchev–Trinajstić information content (AvgIpc) is 3.11. The first kappa shape index (κ1) is 18.4. The van der Waals surface area contributed by atoms with Crippen LogP contribution in [-0.4, -0.2) is 49.7 Å². The highest BCUT2D eigenvalue weighted by Crippen LogP contribution is 2.33. The molecule has 0 bridgehead atoms. The Hall–Kier alpha value is -2.40. The zero-order chi connectivity index (χ0) is 18.4. The molecule has 0 aliphatic carbocycles. The van der Waals surface area contributed by atoms with E-state index >= 15 is 0 Å². The first-order valence-electron chi connectivity index (χ1n) is 9.01. The summed E-state index contributed by atoms with van der Waals surface area (Å²) in [6.07, 6.45) is 4.89. The molecule has 3 rings (SSSR count). The van der Waals surface area contributed by atoms with Crippen LogP contribution in [0.5, 0.6) is 5.75 Å². The summed E-state index contributed by atoms with van der Waals surface area (Å²) in [5, 5.41) is 0. The second-order valence-corrected chi connectivity index (χ2v) is 6.75. The van der Waals surface area contributed by atoms with Gasteiger partial charge < -0.3 is 14.4 Å². The van der Waals surface area contributed by atoms with Crippen molar-refractivity contribution in [2.24, 2.45) is 5.92 Å². The highest BCUT2D eigenvalue weighted by molar-refractivity contribution is 5.77. The molecule has 2 heterocycles. The maximum atomic E-state index is 12.7. The van der Waals surface area contributed by atoms with Crippen molar-refractivity contribution in [1.29, 1.82) is 0 Å². The van der Waals surface area contributed by atoms with Gasteiger partial charge in [0.05, 0.1) is 13.7 Å². The molecule has 1 aliphatic rings. The van der Waals surface area contributed by atoms with E-state index in [0.717, 1.165) is 30.8 Å². The Balaban J connectivity index is 1.60. The Morgan fingerprint density at radius 2 is 1.85 bits per heavy atom. The van der Waals surface area contributed by atoms with Crippen molar-refractivity contribution in [2.45, 2.75) is 18.8 Å². The van der Waals surface area contributed by atoms with Crippen LogP contribution >= 0.6 is 0 Å². The summed E-state index contributed by atoms with van der Waals surface area (Å²) < 4.78 is 10.6. The normalized spacial score (nSPS) is 19.5. The molecule has 0 saturated carbocycles. The van der Waals surface area contributed by atoms with Crippen LogP contribution in [0, 0.1) is 5.92 Å². The van der Waals surface area contributed by atoms with Crippen LogP contribution in [0.15, 0.2) is 48.8 Å². The number of methoxy groups -OCH3 is 2. The van der Waals surface area contributed by atoms with Gasteiger partial charge in [0.25, 0.3) is 0 Å². The van der Waals surface area contributed by atoms with E-state index in [1.165, 1.54) is 5.56 Å². The van der Waals surface area contributed by atoms with E-state index in [-0.39, 0.29) is 5.91 Å². The average molecular weight is 354 g/mol. The number of pyridine rings is 1. The van der Waals surface area contributed by atoms with E-state index in [1.54, 1.807) is 14.2 Å². The van der Waals surface area contributed by atoms with Gasteiger partial charge in [0.15, 0.2) is 0 Å². The number of amides is 1. The number of nitrogens with zero attached hydrogens (tertiary/aromatic N) is 2. The van der Waals surface area contributed by atoms with Crippen LogP contribution in [0.1, 0.15) is 23.5 Å². The van der Waals surface area contributed by atoms with Crippen LogP contribution < -0.4 is 4.74 Å². The molecule has 0 spiro atoms. The first-order valence-corrected chi connectivity index (χ1v) is 9.01. The number of ether oxygens (including phenoxy) is 2. The van der Waals surface area contributed by atoms with Crippen LogP contribution in [-0.2, 0) is 16.0 Å². The molecule has 1 saturated heterocycles. The molecule has 1 fully saturated rings. The smallest absolute Gasteiger partial charge is 0.222 e. The Morgan fingerprint density at radius 3 is 2.50 bits per heavy atom. The Morgan fingerprint density at radius 1 is 1.12 bits per heavy atom. The maximum Gasteiger partial charge on any atom is 0.222 e. The molecule has 1 amide bonds. The molecule has 5 heteroatoms. The van der Waals surface area contributed by atoms with Crippen LogP contribution in [0.25, 0.3) is 0 Å². The van der Waals surface area contributed by atoms with Crippen molar-refractivity contribution in [2.75, 3.05) is 33.9 Å². The van der Waals surface area contributed by atoms with Gasteiger partial charge in [0.1, 0.15) is 5.75 Å². The van der Waals surface area contributed by atoms with Gasteiger partial charge in [-0.15, -0.1) is 0 Å². The molecule has 1 aliphatic heterocycles. The molecule has 138 valence electrons. The zero-order valence-corrected chi connectivity index (χ0v) is 15.4. The van der Waals surface area contributed by atoms with Crippen molar-refractivity contribution in [3.05, 3.63) is 59.9 Å². The number of aryl methyl sites for hydroxylation is 1. The quantitative estimate of drug-likeness (QED) is 0.767. The van der Waals surface area contributed by atoms with E-state index in [4.69, 9.17) is 9.47 Å². The molecule has 26 heavy (non-hydrogen) atoms. The van der Waals surface area contributed by atoms with Crippen LogP contribution in [0.4, 0.5) is 0 Å². The summed E-state index contributed by atoms with van der Waals surface area (Å²) in [5.74, 6) is 1.68. The van der Waals surface area contributed by atoms with Gasteiger partial charge in [-0.25, -0.2) is 0 Å². The fourth-order valence-corrected chi connectivity index (χ4v) is 3.65. The highest BCUT2D eigenvalue weighted by atomic mass is 16.5. The molecule has 5 nitrogen and oxygen atoms in total. The van der Waals surface area contributed by atoms with Crippen molar-refractivity contribution < 1.29 is 14.3 Å². The second-order valence-electron chi connectivity index (χ2n) is 6.75. The van der Waals surface area contributed by atoms with Gasteiger partial charge >= 0.3 is 0 Å².